The second-order valence-electron chi connectivity index (χ2n) is 3.67. The Morgan fingerprint density at radius 3 is 2.57 bits per heavy atom. The highest BCUT2D eigenvalue weighted by atomic mass is 16.1. The highest BCUT2D eigenvalue weighted by Gasteiger charge is 2.08. The monoisotopic (exact) mass is 200 g/mol. The molecule has 0 bridgehead atoms. The minimum Gasteiger partial charge on any atom is -0.353 e. The first-order chi connectivity index (χ1) is 6.74. The topological polar surface area (TPSA) is 41.1 Å². The Morgan fingerprint density at radius 2 is 2.07 bits per heavy atom. The van der Waals surface area contributed by atoms with Crippen LogP contribution in [0.1, 0.15) is 46.0 Å². The molecule has 0 aromatic heterocycles. The lowest BCUT2D eigenvalue weighted by atomic mass is 10.1. The fraction of sp³-hybridized carbons (Fsp3) is 0.909. The Labute approximate surface area is 87.6 Å². The van der Waals surface area contributed by atoms with Crippen molar-refractivity contribution in [1.29, 1.82) is 0 Å². The molecule has 0 rings (SSSR count). The Bertz CT molecular complexity index is 148. The molecule has 0 radical (unpaired) electrons. The van der Waals surface area contributed by atoms with Gasteiger partial charge in [-0.2, -0.15) is 0 Å². The molecule has 0 saturated carbocycles. The molecule has 0 aromatic carbocycles. The maximum atomic E-state index is 11.4. The molecule has 2 N–H and O–H groups in total. The van der Waals surface area contributed by atoms with Crippen LogP contribution < -0.4 is 10.6 Å². The summed E-state index contributed by atoms with van der Waals surface area (Å²) in [6, 6.07) is 0.377. The number of carbonyl (C=O) groups is 1. The van der Waals surface area contributed by atoms with Crippen molar-refractivity contribution in [1.82, 2.24) is 10.6 Å². The Kier molecular flexibility index (Phi) is 8.64. The third-order valence-corrected chi connectivity index (χ3v) is 2.33. The lowest BCUT2D eigenvalue weighted by Gasteiger charge is -2.15. The van der Waals surface area contributed by atoms with Crippen molar-refractivity contribution in [2.24, 2.45) is 0 Å². The second-order valence-corrected chi connectivity index (χ2v) is 3.67. The second kappa shape index (κ2) is 9.00. The largest absolute Gasteiger partial charge is 0.353 e. The van der Waals surface area contributed by atoms with Gasteiger partial charge in [-0.3, -0.25) is 4.79 Å². The van der Waals surface area contributed by atoms with Crippen LogP contribution in [0.2, 0.25) is 0 Å². The maximum absolute atomic E-state index is 11.4. The van der Waals surface area contributed by atoms with Crippen molar-refractivity contribution in [2.75, 3.05) is 13.6 Å². The van der Waals surface area contributed by atoms with Crippen LogP contribution in [0.5, 0.6) is 0 Å². The van der Waals surface area contributed by atoms with Crippen molar-refractivity contribution in [2.45, 2.75) is 52.0 Å². The summed E-state index contributed by atoms with van der Waals surface area (Å²) in [7, 11) is 1.91. The minimum atomic E-state index is 0.195. The fourth-order valence-electron chi connectivity index (χ4n) is 1.45. The van der Waals surface area contributed by atoms with Gasteiger partial charge in [0, 0.05) is 12.5 Å². The van der Waals surface area contributed by atoms with E-state index in [4.69, 9.17) is 0 Å². The molecule has 1 unspecified atom stereocenters. The lowest BCUT2D eigenvalue weighted by Crippen LogP contribution is -2.34. The van der Waals surface area contributed by atoms with E-state index in [9.17, 15) is 4.79 Å². The SMILES string of the molecule is CCCC(CC)NC(=O)CCCNC. The van der Waals surface area contributed by atoms with Gasteiger partial charge in [-0.25, -0.2) is 0 Å². The number of rotatable bonds is 8. The van der Waals surface area contributed by atoms with E-state index in [1.54, 1.807) is 0 Å². The summed E-state index contributed by atoms with van der Waals surface area (Å²) in [5.41, 5.74) is 0. The first kappa shape index (κ1) is 13.4. The summed E-state index contributed by atoms with van der Waals surface area (Å²) in [6.45, 7) is 5.18. The molecule has 3 heteroatoms. The number of amides is 1. The van der Waals surface area contributed by atoms with E-state index in [2.05, 4.69) is 24.5 Å². The smallest absolute Gasteiger partial charge is 0.220 e. The zero-order valence-electron chi connectivity index (χ0n) is 9.73. The van der Waals surface area contributed by atoms with E-state index in [0.29, 0.717) is 12.5 Å². The molecule has 0 aromatic rings. The van der Waals surface area contributed by atoms with Crippen LogP contribution in [0.25, 0.3) is 0 Å². The maximum Gasteiger partial charge on any atom is 0.220 e. The number of carbonyl (C=O) groups excluding carboxylic acids is 1. The summed E-state index contributed by atoms with van der Waals surface area (Å²) in [5, 5.41) is 6.10. The summed E-state index contributed by atoms with van der Waals surface area (Å²) in [4.78, 5) is 11.4. The number of hydrogen-bond donors (Lipinski definition) is 2. The molecule has 1 atom stereocenters. The molecule has 3 nitrogen and oxygen atoms in total. The van der Waals surface area contributed by atoms with Gasteiger partial charge in [0.15, 0.2) is 0 Å². The quantitative estimate of drug-likeness (QED) is 0.585. The van der Waals surface area contributed by atoms with Crippen LogP contribution in [0.4, 0.5) is 0 Å². The van der Waals surface area contributed by atoms with Gasteiger partial charge in [-0.15, -0.1) is 0 Å². The molecule has 0 aliphatic carbocycles. The van der Waals surface area contributed by atoms with Gasteiger partial charge in [0.1, 0.15) is 0 Å². The normalized spacial score (nSPS) is 12.5. The Balaban J connectivity index is 3.56. The molecule has 0 spiro atoms. The molecular weight excluding hydrogens is 176 g/mol. The van der Waals surface area contributed by atoms with Gasteiger partial charge in [-0.1, -0.05) is 20.3 Å². The van der Waals surface area contributed by atoms with Crippen LogP contribution in [0, 0.1) is 0 Å². The van der Waals surface area contributed by atoms with Gasteiger partial charge >= 0.3 is 0 Å². The molecule has 0 saturated heterocycles. The highest BCUT2D eigenvalue weighted by Crippen LogP contribution is 2.01. The summed E-state index contributed by atoms with van der Waals surface area (Å²) in [6.07, 6.45) is 4.82. The van der Waals surface area contributed by atoms with E-state index in [-0.39, 0.29) is 5.91 Å². The van der Waals surface area contributed by atoms with Crippen molar-refractivity contribution in [3.63, 3.8) is 0 Å². The Morgan fingerprint density at radius 1 is 1.36 bits per heavy atom. The third-order valence-electron chi connectivity index (χ3n) is 2.33. The minimum absolute atomic E-state index is 0.195. The Hall–Kier alpha value is -0.570. The highest BCUT2D eigenvalue weighted by molar-refractivity contribution is 5.76. The van der Waals surface area contributed by atoms with Gasteiger partial charge in [-0.05, 0) is 32.9 Å². The van der Waals surface area contributed by atoms with Crippen molar-refractivity contribution in [3.8, 4) is 0 Å². The summed E-state index contributed by atoms with van der Waals surface area (Å²) >= 11 is 0. The standard InChI is InChI=1S/C11H24N2O/c1-4-7-10(5-2)13-11(14)8-6-9-12-3/h10,12H,4-9H2,1-3H3,(H,13,14). The van der Waals surface area contributed by atoms with Gasteiger partial charge in [0.05, 0.1) is 0 Å². The van der Waals surface area contributed by atoms with Gasteiger partial charge in [0.25, 0.3) is 0 Å². The summed E-state index contributed by atoms with van der Waals surface area (Å²) < 4.78 is 0. The molecule has 0 fully saturated rings. The number of hydrogen-bond acceptors (Lipinski definition) is 2. The molecule has 1 amide bonds. The zero-order chi connectivity index (χ0) is 10.8. The van der Waals surface area contributed by atoms with Crippen LogP contribution in [-0.2, 0) is 4.79 Å². The van der Waals surface area contributed by atoms with E-state index >= 15 is 0 Å². The average Bonchev–Trinajstić information content (AvgIpc) is 2.17. The first-order valence-corrected chi connectivity index (χ1v) is 5.68. The predicted octanol–water partition coefficient (Wildman–Crippen LogP) is 1.68. The first-order valence-electron chi connectivity index (χ1n) is 5.68. The van der Waals surface area contributed by atoms with Crippen LogP contribution in [-0.4, -0.2) is 25.5 Å². The molecule has 84 valence electrons. The third kappa shape index (κ3) is 6.89. The van der Waals surface area contributed by atoms with Crippen molar-refractivity contribution in [3.05, 3.63) is 0 Å². The number of nitrogens with one attached hydrogen (secondary N) is 2. The van der Waals surface area contributed by atoms with E-state index < -0.39 is 0 Å². The molecule has 0 aliphatic heterocycles. The summed E-state index contributed by atoms with van der Waals surface area (Å²) in [5.74, 6) is 0.195. The van der Waals surface area contributed by atoms with Crippen molar-refractivity contribution >= 4 is 5.91 Å². The van der Waals surface area contributed by atoms with Gasteiger partial charge < -0.3 is 10.6 Å². The van der Waals surface area contributed by atoms with E-state index in [1.807, 2.05) is 7.05 Å². The molecule has 0 heterocycles. The fourth-order valence-corrected chi connectivity index (χ4v) is 1.45. The lowest BCUT2D eigenvalue weighted by molar-refractivity contribution is -0.121. The van der Waals surface area contributed by atoms with Crippen LogP contribution in [0.3, 0.4) is 0 Å². The van der Waals surface area contributed by atoms with Crippen molar-refractivity contribution < 1.29 is 4.79 Å². The van der Waals surface area contributed by atoms with Crippen LogP contribution >= 0.6 is 0 Å². The zero-order valence-corrected chi connectivity index (χ0v) is 9.73. The van der Waals surface area contributed by atoms with E-state index in [1.165, 1.54) is 0 Å². The molecular formula is C11H24N2O. The van der Waals surface area contributed by atoms with Crippen LogP contribution in [0.15, 0.2) is 0 Å². The molecule has 0 aliphatic rings. The average molecular weight is 200 g/mol. The molecule has 14 heavy (non-hydrogen) atoms. The predicted molar refractivity (Wildman–Crippen MR) is 60.3 cm³/mol. The van der Waals surface area contributed by atoms with E-state index in [0.717, 1.165) is 32.2 Å². The van der Waals surface area contributed by atoms with Gasteiger partial charge in [0.2, 0.25) is 5.91 Å².